The van der Waals surface area contributed by atoms with Gasteiger partial charge in [0.05, 0.1) is 0 Å². The molecule has 2 atom stereocenters. The first-order valence-electron chi connectivity index (χ1n) is 7.31. The second-order valence-corrected chi connectivity index (χ2v) is 6.96. The van der Waals surface area contributed by atoms with Gasteiger partial charge in [-0.3, -0.25) is 0 Å². The Morgan fingerprint density at radius 2 is 2.35 bits per heavy atom. The van der Waals surface area contributed by atoms with Crippen molar-refractivity contribution in [3.63, 3.8) is 0 Å². The van der Waals surface area contributed by atoms with Crippen LogP contribution in [0.25, 0.3) is 4.96 Å². The van der Waals surface area contributed by atoms with Gasteiger partial charge in [0.15, 0.2) is 5.82 Å². The Bertz CT molecular complexity index is 609. The van der Waals surface area contributed by atoms with Crippen LogP contribution in [0.15, 0.2) is 0 Å². The monoisotopic (exact) mass is 293 g/mol. The first kappa shape index (κ1) is 12.7. The Labute approximate surface area is 121 Å². The molecule has 2 aliphatic rings. The van der Waals surface area contributed by atoms with E-state index < -0.39 is 0 Å². The van der Waals surface area contributed by atoms with Gasteiger partial charge in [-0.15, -0.1) is 10.2 Å². The second kappa shape index (κ2) is 4.75. The summed E-state index contributed by atoms with van der Waals surface area (Å²) in [5, 5.41) is 18.0. The average Bonchev–Trinajstić information content (AvgIpc) is 3.15. The molecule has 1 N–H and O–H groups in total. The minimum absolute atomic E-state index is 0.0669. The van der Waals surface area contributed by atoms with Crippen LogP contribution in [0.3, 0.4) is 0 Å². The Morgan fingerprint density at radius 1 is 1.40 bits per heavy atom. The van der Waals surface area contributed by atoms with Crippen LogP contribution >= 0.6 is 11.3 Å². The summed E-state index contributed by atoms with van der Waals surface area (Å²) in [6, 6.07) is 0. The van der Waals surface area contributed by atoms with Crippen molar-refractivity contribution in [2.45, 2.75) is 44.1 Å². The molecule has 6 nitrogen and oxygen atoms in total. The van der Waals surface area contributed by atoms with Gasteiger partial charge in [-0.25, -0.2) is 0 Å². The van der Waals surface area contributed by atoms with E-state index in [1.807, 2.05) is 4.52 Å². The van der Waals surface area contributed by atoms with Crippen LogP contribution < -0.4 is 5.32 Å². The lowest BCUT2D eigenvalue weighted by molar-refractivity contribution is 0.103. The molecule has 0 aliphatic carbocycles. The smallest absolute Gasteiger partial charge is 0.234 e. The predicted octanol–water partition coefficient (Wildman–Crippen LogP) is 1.68. The summed E-state index contributed by atoms with van der Waals surface area (Å²) >= 11 is 1.66. The molecule has 2 fully saturated rings. The normalized spacial score (nSPS) is 31.1. The Balaban J connectivity index is 1.71. The third-order valence-corrected chi connectivity index (χ3v) is 5.55. The van der Waals surface area contributed by atoms with E-state index in [1.165, 1.54) is 12.8 Å². The maximum absolute atomic E-state index is 5.71. The zero-order chi connectivity index (χ0) is 13.6. The second-order valence-electron chi connectivity index (χ2n) is 6.00. The van der Waals surface area contributed by atoms with E-state index >= 15 is 0 Å². The number of rotatable bonds is 2. The standard InChI is InChI=1S/C13H19N5OS/c1-13(5-3-6-14-8-13)11-17-18-10(9-4-2-7-19-9)15-16-12(18)20-11/h9,14H,2-8H2,1H3. The molecule has 4 heterocycles. The van der Waals surface area contributed by atoms with Crippen molar-refractivity contribution in [3.8, 4) is 0 Å². The fraction of sp³-hybridized carbons (Fsp3) is 0.769. The molecule has 4 rings (SSSR count). The minimum atomic E-state index is 0.0669. The van der Waals surface area contributed by atoms with Gasteiger partial charge in [0.25, 0.3) is 0 Å². The molecule has 20 heavy (non-hydrogen) atoms. The summed E-state index contributed by atoms with van der Waals surface area (Å²) in [6.45, 7) is 5.21. The SMILES string of the molecule is CC1(c2nn3c(C4CCCO4)nnc3s2)CCCNC1. The zero-order valence-electron chi connectivity index (χ0n) is 11.6. The number of ether oxygens (including phenoxy) is 1. The molecule has 0 bridgehead atoms. The molecule has 0 amide bonds. The number of aromatic nitrogens is 4. The van der Waals surface area contributed by atoms with Gasteiger partial charge in [-0.2, -0.15) is 9.61 Å². The van der Waals surface area contributed by atoms with Crippen LogP contribution in [0.1, 0.15) is 49.5 Å². The maximum Gasteiger partial charge on any atom is 0.234 e. The molecule has 0 spiro atoms. The van der Waals surface area contributed by atoms with E-state index in [9.17, 15) is 0 Å². The van der Waals surface area contributed by atoms with E-state index in [0.29, 0.717) is 0 Å². The summed E-state index contributed by atoms with van der Waals surface area (Å²) in [5.41, 5.74) is 0.122. The first-order valence-corrected chi connectivity index (χ1v) is 8.13. The van der Waals surface area contributed by atoms with Crippen LogP contribution in [-0.4, -0.2) is 39.5 Å². The average molecular weight is 293 g/mol. The number of nitrogens with one attached hydrogen (secondary N) is 1. The van der Waals surface area contributed by atoms with Crippen LogP contribution in [0.5, 0.6) is 0 Å². The highest BCUT2D eigenvalue weighted by molar-refractivity contribution is 7.16. The summed E-state index contributed by atoms with van der Waals surface area (Å²) in [5.74, 6) is 0.868. The molecule has 2 aromatic heterocycles. The van der Waals surface area contributed by atoms with Crippen molar-refractivity contribution in [2.75, 3.05) is 19.7 Å². The summed E-state index contributed by atoms with van der Waals surface area (Å²) in [4.78, 5) is 0.886. The quantitative estimate of drug-likeness (QED) is 0.912. The molecule has 2 aromatic rings. The Kier molecular flexibility index (Phi) is 3.01. The summed E-state index contributed by atoms with van der Waals surface area (Å²) in [7, 11) is 0. The highest BCUT2D eigenvalue weighted by atomic mass is 32.1. The molecular weight excluding hydrogens is 274 g/mol. The maximum atomic E-state index is 5.71. The number of piperidine rings is 1. The molecule has 0 saturated carbocycles. The van der Waals surface area contributed by atoms with Gasteiger partial charge in [0.1, 0.15) is 11.1 Å². The van der Waals surface area contributed by atoms with E-state index in [-0.39, 0.29) is 11.5 Å². The van der Waals surface area contributed by atoms with E-state index in [0.717, 1.165) is 48.3 Å². The lowest BCUT2D eigenvalue weighted by Crippen LogP contribution is -2.41. The highest BCUT2D eigenvalue weighted by Crippen LogP contribution is 2.35. The van der Waals surface area contributed by atoms with Gasteiger partial charge >= 0.3 is 0 Å². The topological polar surface area (TPSA) is 64.3 Å². The molecule has 2 unspecified atom stereocenters. The third kappa shape index (κ3) is 1.96. The Morgan fingerprint density at radius 3 is 3.10 bits per heavy atom. The third-order valence-electron chi connectivity index (χ3n) is 4.35. The molecule has 7 heteroatoms. The first-order chi connectivity index (χ1) is 9.76. The van der Waals surface area contributed by atoms with E-state index in [4.69, 9.17) is 9.84 Å². The zero-order valence-corrected chi connectivity index (χ0v) is 12.4. The molecule has 108 valence electrons. The molecule has 2 saturated heterocycles. The number of fused-ring (bicyclic) bond motifs is 1. The summed E-state index contributed by atoms with van der Waals surface area (Å²) in [6.07, 6.45) is 4.57. The van der Waals surface area contributed by atoms with E-state index in [1.54, 1.807) is 11.3 Å². The van der Waals surface area contributed by atoms with Gasteiger partial charge in [0.2, 0.25) is 4.96 Å². The van der Waals surface area contributed by atoms with Crippen molar-refractivity contribution in [1.82, 2.24) is 25.1 Å². The number of hydrogen-bond acceptors (Lipinski definition) is 6. The van der Waals surface area contributed by atoms with Crippen LogP contribution in [0.4, 0.5) is 0 Å². The van der Waals surface area contributed by atoms with Crippen molar-refractivity contribution in [3.05, 3.63) is 10.8 Å². The van der Waals surface area contributed by atoms with Crippen molar-refractivity contribution in [1.29, 1.82) is 0 Å². The predicted molar refractivity (Wildman–Crippen MR) is 76.0 cm³/mol. The summed E-state index contributed by atoms with van der Waals surface area (Å²) < 4.78 is 7.61. The molecule has 0 aromatic carbocycles. The number of nitrogens with zero attached hydrogens (tertiary/aromatic N) is 4. The van der Waals surface area contributed by atoms with Gasteiger partial charge in [-0.05, 0) is 32.2 Å². The van der Waals surface area contributed by atoms with Gasteiger partial charge in [0, 0.05) is 18.6 Å². The van der Waals surface area contributed by atoms with Crippen molar-refractivity contribution >= 4 is 16.3 Å². The highest BCUT2D eigenvalue weighted by Gasteiger charge is 2.34. The van der Waals surface area contributed by atoms with Crippen LogP contribution in [-0.2, 0) is 10.2 Å². The largest absolute Gasteiger partial charge is 0.370 e. The van der Waals surface area contributed by atoms with Gasteiger partial charge in [-0.1, -0.05) is 18.3 Å². The fourth-order valence-electron chi connectivity index (χ4n) is 3.10. The van der Waals surface area contributed by atoms with Crippen molar-refractivity contribution in [2.24, 2.45) is 0 Å². The van der Waals surface area contributed by atoms with E-state index in [2.05, 4.69) is 22.4 Å². The van der Waals surface area contributed by atoms with Crippen LogP contribution in [0, 0.1) is 0 Å². The van der Waals surface area contributed by atoms with Gasteiger partial charge < -0.3 is 10.1 Å². The lowest BCUT2D eigenvalue weighted by Gasteiger charge is -2.31. The molecule has 2 aliphatic heterocycles. The minimum Gasteiger partial charge on any atom is -0.370 e. The Hall–Kier alpha value is -1.05. The van der Waals surface area contributed by atoms with Crippen molar-refractivity contribution < 1.29 is 4.74 Å². The van der Waals surface area contributed by atoms with Crippen LogP contribution in [0.2, 0.25) is 0 Å². The fourth-order valence-corrected chi connectivity index (χ4v) is 4.12. The molecular formula is C13H19N5OS. The molecule has 0 radical (unpaired) electrons. The number of hydrogen-bond donors (Lipinski definition) is 1. The lowest BCUT2D eigenvalue weighted by atomic mass is 9.83.